The van der Waals surface area contributed by atoms with Crippen molar-refractivity contribution in [1.29, 1.82) is 0 Å². The predicted octanol–water partition coefficient (Wildman–Crippen LogP) is 3.95. The van der Waals surface area contributed by atoms with Crippen LogP contribution in [-0.2, 0) is 4.65 Å². The Morgan fingerprint density at radius 1 is 1.14 bits per heavy atom. The van der Waals surface area contributed by atoms with Crippen molar-refractivity contribution in [2.24, 2.45) is 5.41 Å². The molecule has 0 N–H and O–H groups in total. The summed E-state index contributed by atoms with van der Waals surface area (Å²) < 4.78 is 5.98. The molecule has 0 aromatic carbocycles. The molecule has 82 valence electrons. The number of allylic oxidation sites excluding steroid dienone is 1. The van der Waals surface area contributed by atoms with Gasteiger partial charge in [-0.25, -0.2) is 0 Å². The molecule has 0 saturated heterocycles. The van der Waals surface area contributed by atoms with Crippen molar-refractivity contribution >= 4 is 6.92 Å². The lowest BCUT2D eigenvalue weighted by atomic mass is 9.52. The van der Waals surface area contributed by atoms with Crippen LogP contribution in [0.15, 0.2) is 12.1 Å². The fraction of sp³-hybridized carbons (Fsp3) is 0.833. The first kappa shape index (κ1) is 13.8. The van der Waals surface area contributed by atoms with Crippen LogP contribution in [-0.4, -0.2) is 12.5 Å². The van der Waals surface area contributed by atoms with Crippen molar-refractivity contribution < 1.29 is 4.65 Å². The lowest BCUT2D eigenvalue weighted by Crippen LogP contribution is -2.34. The third kappa shape index (κ3) is 7.20. The maximum absolute atomic E-state index is 5.98. The van der Waals surface area contributed by atoms with E-state index in [1.165, 1.54) is 0 Å². The van der Waals surface area contributed by atoms with Gasteiger partial charge >= 0.3 is 6.92 Å². The fourth-order valence-electron chi connectivity index (χ4n) is 1.30. The standard InChI is InChI=1S/C12H25BO/c1-10(2)13(9-11(3,4)5)14-12(6,7)8/h1,9H2,2-8H3. The van der Waals surface area contributed by atoms with E-state index in [9.17, 15) is 0 Å². The van der Waals surface area contributed by atoms with E-state index in [2.05, 4.69) is 48.1 Å². The van der Waals surface area contributed by atoms with Crippen molar-refractivity contribution in [3.63, 3.8) is 0 Å². The van der Waals surface area contributed by atoms with Gasteiger partial charge in [0.1, 0.15) is 0 Å². The van der Waals surface area contributed by atoms with E-state index in [1.807, 2.05) is 6.92 Å². The molecule has 0 fully saturated rings. The second kappa shape index (κ2) is 4.52. The molecule has 0 amide bonds. The van der Waals surface area contributed by atoms with Gasteiger partial charge in [0.2, 0.25) is 0 Å². The Bertz CT molecular complexity index is 179. The average Bonchev–Trinajstić information content (AvgIpc) is 1.78. The van der Waals surface area contributed by atoms with E-state index in [4.69, 9.17) is 4.65 Å². The summed E-state index contributed by atoms with van der Waals surface area (Å²) in [4.78, 5) is 0. The van der Waals surface area contributed by atoms with Crippen molar-refractivity contribution in [1.82, 2.24) is 0 Å². The average molecular weight is 196 g/mol. The number of hydrogen-bond acceptors (Lipinski definition) is 1. The molecule has 0 aromatic heterocycles. The molecule has 0 heterocycles. The maximum atomic E-state index is 5.98. The molecule has 0 aliphatic heterocycles. The van der Waals surface area contributed by atoms with Gasteiger partial charge in [0.25, 0.3) is 0 Å². The van der Waals surface area contributed by atoms with Gasteiger partial charge in [0.05, 0.1) is 0 Å². The number of hydrogen-bond donors (Lipinski definition) is 0. The molecule has 0 bridgehead atoms. The van der Waals surface area contributed by atoms with Crippen LogP contribution in [0.2, 0.25) is 6.32 Å². The van der Waals surface area contributed by atoms with Gasteiger partial charge in [-0.2, -0.15) is 0 Å². The molecule has 0 aliphatic carbocycles. The Morgan fingerprint density at radius 2 is 1.57 bits per heavy atom. The minimum atomic E-state index is -0.0884. The first-order valence-corrected chi connectivity index (χ1v) is 5.34. The zero-order valence-corrected chi connectivity index (χ0v) is 10.9. The second-order valence-electron chi connectivity index (χ2n) is 6.33. The smallest absolute Gasteiger partial charge is 0.322 e. The molecule has 0 aliphatic rings. The number of rotatable bonds is 3. The van der Waals surface area contributed by atoms with Crippen molar-refractivity contribution in [2.45, 2.75) is 60.4 Å². The minimum absolute atomic E-state index is 0.0884. The Balaban J connectivity index is 4.40. The SMILES string of the molecule is C=C(C)B(CC(C)(C)C)OC(C)(C)C. The summed E-state index contributed by atoms with van der Waals surface area (Å²) in [5.74, 6) is 0. The highest BCUT2D eigenvalue weighted by Crippen LogP contribution is 2.26. The third-order valence-corrected chi connectivity index (χ3v) is 1.84. The maximum Gasteiger partial charge on any atom is 0.322 e. The van der Waals surface area contributed by atoms with E-state index in [0.29, 0.717) is 0 Å². The van der Waals surface area contributed by atoms with Crippen LogP contribution >= 0.6 is 0 Å². The normalized spacial score (nSPS) is 12.8. The van der Waals surface area contributed by atoms with Gasteiger partial charge in [-0.05, 0) is 39.4 Å². The van der Waals surface area contributed by atoms with Gasteiger partial charge in [-0.15, -0.1) is 6.58 Å². The Kier molecular flexibility index (Phi) is 4.45. The van der Waals surface area contributed by atoms with Crippen molar-refractivity contribution in [2.75, 3.05) is 0 Å². The van der Waals surface area contributed by atoms with E-state index < -0.39 is 0 Å². The molecule has 14 heavy (non-hydrogen) atoms. The fourth-order valence-corrected chi connectivity index (χ4v) is 1.30. The Morgan fingerprint density at radius 3 is 1.79 bits per heavy atom. The summed E-state index contributed by atoms with van der Waals surface area (Å²) >= 11 is 0. The third-order valence-electron chi connectivity index (χ3n) is 1.84. The summed E-state index contributed by atoms with van der Waals surface area (Å²) in [5, 5.41) is 0. The minimum Gasteiger partial charge on any atom is -0.427 e. The summed E-state index contributed by atoms with van der Waals surface area (Å²) in [5.41, 5.74) is 1.32. The van der Waals surface area contributed by atoms with Crippen LogP contribution in [0.5, 0.6) is 0 Å². The van der Waals surface area contributed by atoms with E-state index in [-0.39, 0.29) is 17.9 Å². The highest BCUT2D eigenvalue weighted by atomic mass is 16.5. The molecule has 0 unspecified atom stereocenters. The first-order valence-electron chi connectivity index (χ1n) is 5.34. The molecule has 0 aromatic rings. The van der Waals surface area contributed by atoms with Gasteiger partial charge in [0, 0.05) is 5.60 Å². The molecular weight excluding hydrogens is 171 g/mol. The first-order chi connectivity index (χ1) is 6.01. The molecule has 0 radical (unpaired) electrons. The lowest BCUT2D eigenvalue weighted by molar-refractivity contribution is 0.127. The monoisotopic (exact) mass is 196 g/mol. The topological polar surface area (TPSA) is 9.23 Å². The predicted molar refractivity (Wildman–Crippen MR) is 65.7 cm³/mol. The van der Waals surface area contributed by atoms with Crippen LogP contribution in [0.1, 0.15) is 48.5 Å². The van der Waals surface area contributed by atoms with Gasteiger partial charge < -0.3 is 4.65 Å². The molecule has 0 rings (SSSR count). The molecular formula is C12H25BO. The quantitative estimate of drug-likeness (QED) is 0.621. The zero-order chi connectivity index (χ0) is 11.6. The van der Waals surface area contributed by atoms with Crippen molar-refractivity contribution in [3.8, 4) is 0 Å². The Hall–Kier alpha value is -0.235. The molecule has 0 saturated carbocycles. The summed E-state index contributed by atoms with van der Waals surface area (Å²) in [7, 11) is 0. The largest absolute Gasteiger partial charge is 0.427 e. The molecule has 0 spiro atoms. The summed E-state index contributed by atoms with van der Waals surface area (Å²) in [6.07, 6.45) is 1.03. The van der Waals surface area contributed by atoms with E-state index in [1.54, 1.807) is 0 Å². The summed E-state index contributed by atoms with van der Waals surface area (Å²) in [6.45, 7) is 19.2. The van der Waals surface area contributed by atoms with Gasteiger partial charge in [0.15, 0.2) is 0 Å². The van der Waals surface area contributed by atoms with Gasteiger partial charge in [-0.1, -0.05) is 26.2 Å². The highest BCUT2D eigenvalue weighted by molar-refractivity contribution is 6.60. The van der Waals surface area contributed by atoms with Crippen LogP contribution in [0, 0.1) is 5.41 Å². The second-order valence-corrected chi connectivity index (χ2v) is 6.33. The van der Waals surface area contributed by atoms with Crippen LogP contribution in [0.4, 0.5) is 0 Å². The Labute approximate surface area is 90.0 Å². The molecule has 2 heteroatoms. The van der Waals surface area contributed by atoms with Crippen LogP contribution in [0.3, 0.4) is 0 Å². The molecule has 1 nitrogen and oxygen atoms in total. The van der Waals surface area contributed by atoms with E-state index >= 15 is 0 Å². The van der Waals surface area contributed by atoms with Gasteiger partial charge in [-0.3, -0.25) is 0 Å². The lowest BCUT2D eigenvalue weighted by Gasteiger charge is -2.30. The van der Waals surface area contributed by atoms with Crippen LogP contribution in [0.25, 0.3) is 0 Å². The van der Waals surface area contributed by atoms with Crippen LogP contribution < -0.4 is 0 Å². The molecule has 0 atom stereocenters. The van der Waals surface area contributed by atoms with Crippen molar-refractivity contribution in [3.05, 3.63) is 12.1 Å². The van der Waals surface area contributed by atoms with E-state index in [0.717, 1.165) is 11.8 Å². The highest BCUT2D eigenvalue weighted by Gasteiger charge is 2.28. The zero-order valence-electron chi connectivity index (χ0n) is 10.9. The summed E-state index contributed by atoms with van der Waals surface area (Å²) in [6, 6.07) is 0.